The highest BCUT2D eigenvalue weighted by Gasteiger charge is 1.95. The van der Waals surface area contributed by atoms with Gasteiger partial charge in [-0.15, -0.1) is 0 Å². The van der Waals surface area contributed by atoms with Crippen LogP contribution >= 0.6 is 0 Å². The molecule has 0 aliphatic rings. The van der Waals surface area contributed by atoms with Crippen LogP contribution in [0, 0.1) is 0 Å². The molecule has 0 saturated heterocycles. The molecule has 3 nitrogen and oxygen atoms in total. The summed E-state index contributed by atoms with van der Waals surface area (Å²) in [7, 11) is 0. The molecule has 0 amide bonds. The van der Waals surface area contributed by atoms with Crippen molar-refractivity contribution in [3.63, 3.8) is 0 Å². The first-order valence-corrected chi connectivity index (χ1v) is 5.23. The van der Waals surface area contributed by atoms with Crippen LogP contribution in [0.3, 0.4) is 0 Å². The molecular formula is C12H16O3. The largest absolute Gasteiger partial charge is 0.508 e. The van der Waals surface area contributed by atoms with E-state index in [0.29, 0.717) is 5.76 Å². The summed E-state index contributed by atoms with van der Waals surface area (Å²) in [4.78, 5) is 10.9. The number of hydrogen-bond donors (Lipinski definition) is 1. The zero-order valence-electron chi connectivity index (χ0n) is 8.90. The molecule has 0 unspecified atom stereocenters. The summed E-state index contributed by atoms with van der Waals surface area (Å²) in [6.45, 7) is 2.15. The molecule has 0 saturated carbocycles. The molecule has 0 radical (unpaired) electrons. The van der Waals surface area contributed by atoms with Gasteiger partial charge in [0, 0.05) is 6.07 Å². The van der Waals surface area contributed by atoms with Crippen molar-refractivity contribution in [2.24, 2.45) is 0 Å². The van der Waals surface area contributed by atoms with Crippen molar-refractivity contribution in [1.29, 1.82) is 0 Å². The van der Waals surface area contributed by atoms with Crippen LogP contribution in [0.2, 0.25) is 0 Å². The second-order valence-corrected chi connectivity index (χ2v) is 3.44. The van der Waals surface area contributed by atoms with E-state index in [1.807, 2.05) is 6.08 Å². The first kappa shape index (κ1) is 11.6. The normalized spacial score (nSPS) is 11.0. The predicted octanol–water partition coefficient (Wildman–Crippen LogP) is 2.94. The van der Waals surface area contributed by atoms with Crippen molar-refractivity contribution in [3.05, 3.63) is 34.4 Å². The van der Waals surface area contributed by atoms with Crippen LogP contribution in [0.5, 0.6) is 5.75 Å². The number of rotatable bonds is 5. The molecule has 0 fully saturated rings. The third kappa shape index (κ3) is 4.49. The molecule has 82 valence electrons. The fraction of sp³-hybridized carbons (Fsp3) is 0.417. The number of aromatic hydroxyl groups is 1. The van der Waals surface area contributed by atoms with Gasteiger partial charge < -0.3 is 9.52 Å². The van der Waals surface area contributed by atoms with Crippen LogP contribution in [0.1, 0.15) is 38.4 Å². The van der Waals surface area contributed by atoms with E-state index in [2.05, 4.69) is 6.92 Å². The number of hydrogen-bond acceptors (Lipinski definition) is 3. The molecule has 1 rings (SSSR count). The third-order valence-corrected chi connectivity index (χ3v) is 2.03. The summed E-state index contributed by atoms with van der Waals surface area (Å²) in [5.41, 5.74) is -0.525. The Balaban J connectivity index is 2.53. The van der Waals surface area contributed by atoms with Gasteiger partial charge in [-0.2, -0.15) is 0 Å². The van der Waals surface area contributed by atoms with E-state index in [1.54, 1.807) is 6.08 Å². The van der Waals surface area contributed by atoms with Crippen LogP contribution in [0.15, 0.2) is 27.4 Å². The Bertz CT molecular complexity index is 377. The maximum atomic E-state index is 10.9. The molecule has 0 aromatic carbocycles. The summed E-state index contributed by atoms with van der Waals surface area (Å²) in [5.74, 6) is 0.343. The van der Waals surface area contributed by atoms with Crippen LogP contribution < -0.4 is 5.63 Å². The van der Waals surface area contributed by atoms with Gasteiger partial charge in [-0.25, -0.2) is 4.79 Å². The highest BCUT2D eigenvalue weighted by molar-refractivity contribution is 5.44. The SMILES string of the molecule is CCCCC/C=C/c1cc(O)cc(=O)o1. The van der Waals surface area contributed by atoms with Crippen molar-refractivity contribution < 1.29 is 9.52 Å². The Morgan fingerprint density at radius 3 is 2.87 bits per heavy atom. The number of allylic oxidation sites excluding steroid dienone is 1. The van der Waals surface area contributed by atoms with E-state index in [9.17, 15) is 4.79 Å². The molecule has 1 heterocycles. The smallest absolute Gasteiger partial charge is 0.339 e. The quantitative estimate of drug-likeness (QED) is 0.757. The molecule has 1 aromatic heterocycles. The highest BCUT2D eigenvalue weighted by atomic mass is 16.4. The average molecular weight is 208 g/mol. The molecule has 15 heavy (non-hydrogen) atoms. The van der Waals surface area contributed by atoms with E-state index in [0.717, 1.165) is 18.9 Å². The number of unbranched alkanes of at least 4 members (excludes halogenated alkanes) is 3. The molecule has 0 bridgehead atoms. The first-order chi connectivity index (χ1) is 7.22. The third-order valence-electron chi connectivity index (χ3n) is 2.03. The maximum Gasteiger partial charge on any atom is 0.339 e. The van der Waals surface area contributed by atoms with Gasteiger partial charge in [-0.1, -0.05) is 25.8 Å². The van der Waals surface area contributed by atoms with E-state index in [1.165, 1.54) is 18.9 Å². The minimum atomic E-state index is -0.525. The topological polar surface area (TPSA) is 50.4 Å². The summed E-state index contributed by atoms with van der Waals surface area (Å²) in [5, 5.41) is 9.14. The van der Waals surface area contributed by atoms with Crippen molar-refractivity contribution in [1.82, 2.24) is 0 Å². The fourth-order valence-corrected chi connectivity index (χ4v) is 1.28. The lowest BCUT2D eigenvalue weighted by atomic mass is 10.2. The highest BCUT2D eigenvalue weighted by Crippen LogP contribution is 2.10. The van der Waals surface area contributed by atoms with Gasteiger partial charge in [-0.3, -0.25) is 0 Å². The van der Waals surface area contributed by atoms with Gasteiger partial charge in [0.25, 0.3) is 0 Å². The van der Waals surface area contributed by atoms with Crippen LogP contribution in [-0.2, 0) is 0 Å². The second kappa shape index (κ2) is 6.06. The summed E-state index contributed by atoms with van der Waals surface area (Å²) < 4.78 is 4.86. The molecule has 1 N–H and O–H groups in total. The molecule has 1 aromatic rings. The predicted molar refractivity (Wildman–Crippen MR) is 59.8 cm³/mol. The summed E-state index contributed by atoms with van der Waals surface area (Å²) in [6, 6.07) is 2.48. The fourth-order valence-electron chi connectivity index (χ4n) is 1.28. The van der Waals surface area contributed by atoms with Crippen molar-refractivity contribution in [2.45, 2.75) is 32.6 Å². The van der Waals surface area contributed by atoms with Gasteiger partial charge >= 0.3 is 5.63 Å². The molecule has 0 atom stereocenters. The van der Waals surface area contributed by atoms with Crippen LogP contribution in [-0.4, -0.2) is 5.11 Å². The van der Waals surface area contributed by atoms with Gasteiger partial charge in [0.1, 0.15) is 11.5 Å². The van der Waals surface area contributed by atoms with Crippen molar-refractivity contribution >= 4 is 6.08 Å². The standard InChI is InChI=1S/C12H16O3/c1-2-3-4-5-6-7-11-8-10(13)9-12(14)15-11/h6-9,13H,2-5H2,1H3/b7-6+. The van der Waals surface area contributed by atoms with Crippen LogP contribution in [0.25, 0.3) is 6.08 Å². The monoisotopic (exact) mass is 208 g/mol. The van der Waals surface area contributed by atoms with Crippen molar-refractivity contribution in [2.75, 3.05) is 0 Å². The Kier molecular flexibility index (Phi) is 4.68. The van der Waals surface area contributed by atoms with Crippen LogP contribution in [0.4, 0.5) is 0 Å². The molecule has 0 spiro atoms. The lowest BCUT2D eigenvalue weighted by molar-refractivity contribution is 0.444. The van der Waals surface area contributed by atoms with Crippen molar-refractivity contribution in [3.8, 4) is 5.75 Å². The van der Waals surface area contributed by atoms with Gasteiger partial charge in [0.2, 0.25) is 0 Å². The van der Waals surface area contributed by atoms with E-state index in [-0.39, 0.29) is 5.75 Å². The zero-order chi connectivity index (χ0) is 11.1. The van der Waals surface area contributed by atoms with E-state index < -0.39 is 5.63 Å². The first-order valence-electron chi connectivity index (χ1n) is 5.23. The Morgan fingerprint density at radius 2 is 2.20 bits per heavy atom. The molecule has 3 heteroatoms. The Labute approximate surface area is 89.1 Å². The van der Waals surface area contributed by atoms with E-state index >= 15 is 0 Å². The zero-order valence-corrected chi connectivity index (χ0v) is 8.90. The minimum Gasteiger partial charge on any atom is -0.508 e. The van der Waals surface area contributed by atoms with E-state index in [4.69, 9.17) is 9.52 Å². The molecule has 0 aliphatic carbocycles. The Hall–Kier alpha value is -1.51. The minimum absolute atomic E-state index is 0.0561. The lowest BCUT2D eigenvalue weighted by Crippen LogP contribution is -1.95. The summed E-state index contributed by atoms with van der Waals surface area (Å²) in [6.07, 6.45) is 8.16. The Morgan fingerprint density at radius 1 is 1.40 bits per heavy atom. The second-order valence-electron chi connectivity index (χ2n) is 3.44. The maximum absolute atomic E-state index is 10.9. The van der Waals surface area contributed by atoms with Gasteiger partial charge in [-0.05, 0) is 18.9 Å². The van der Waals surface area contributed by atoms with Gasteiger partial charge in [0.15, 0.2) is 0 Å². The lowest BCUT2D eigenvalue weighted by Gasteiger charge is -1.94. The molecule has 0 aliphatic heterocycles. The average Bonchev–Trinajstić information content (AvgIpc) is 2.16. The van der Waals surface area contributed by atoms with Gasteiger partial charge in [0.05, 0.1) is 6.07 Å². The molecular weight excluding hydrogens is 192 g/mol. The summed E-state index contributed by atoms with van der Waals surface area (Å²) >= 11 is 0.